The number of hydrogen-bond donors (Lipinski definition) is 2. The molecule has 2 amide bonds. The van der Waals surface area contributed by atoms with E-state index in [1.54, 1.807) is 6.07 Å². The number of anilines is 2. The average Bonchev–Trinajstić information content (AvgIpc) is 3.02. The molecule has 1 aliphatic heterocycles. The van der Waals surface area contributed by atoms with Crippen LogP contribution >= 0.6 is 0 Å². The van der Waals surface area contributed by atoms with Crippen molar-refractivity contribution in [2.45, 2.75) is 51.0 Å². The van der Waals surface area contributed by atoms with Gasteiger partial charge in [-0.15, -0.1) is 0 Å². The number of nitrogens with zero attached hydrogens (tertiary/aromatic N) is 1. The van der Waals surface area contributed by atoms with Crippen LogP contribution in [0.15, 0.2) is 18.2 Å². The van der Waals surface area contributed by atoms with E-state index in [2.05, 4.69) is 15.5 Å². The van der Waals surface area contributed by atoms with Crippen LogP contribution in [0.2, 0.25) is 0 Å². The summed E-state index contributed by atoms with van der Waals surface area (Å²) < 4.78 is 13.6. The van der Waals surface area contributed by atoms with Gasteiger partial charge in [0.25, 0.3) is 0 Å². The number of hydrogen-bond acceptors (Lipinski definition) is 2. The molecule has 3 rings (SSSR count). The minimum absolute atomic E-state index is 0.224. The standard InChI is InChI=1S/C17H24FN3O/c18-13-8-9-16(21-10-4-5-11-21)15(12-13)20-17(22)19-14-6-2-1-3-7-14/h8-9,12,14H,1-7,10-11H2,(H2,19,20,22). The van der Waals surface area contributed by atoms with Gasteiger partial charge in [0.05, 0.1) is 11.4 Å². The van der Waals surface area contributed by atoms with Gasteiger partial charge in [-0.1, -0.05) is 19.3 Å². The molecular formula is C17H24FN3O. The lowest BCUT2D eigenvalue weighted by molar-refractivity contribution is 0.244. The van der Waals surface area contributed by atoms with E-state index in [1.165, 1.54) is 31.4 Å². The number of rotatable bonds is 3. The van der Waals surface area contributed by atoms with Gasteiger partial charge in [-0.3, -0.25) is 0 Å². The Labute approximate surface area is 131 Å². The largest absolute Gasteiger partial charge is 0.370 e. The monoisotopic (exact) mass is 305 g/mol. The average molecular weight is 305 g/mol. The summed E-state index contributed by atoms with van der Waals surface area (Å²) in [5.74, 6) is -0.323. The summed E-state index contributed by atoms with van der Waals surface area (Å²) in [5.41, 5.74) is 1.48. The molecule has 0 atom stereocenters. The Balaban J connectivity index is 1.67. The van der Waals surface area contributed by atoms with E-state index in [4.69, 9.17) is 0 Å². The van der Waals surface area contributed by atoms with Gasteiger partial charge in [-0.05, 0) is 43.9 Å². The number of halogens is 1. The zero-order chi connectivity index (χ0) is 15.4. The third-order valence-electron chi connectivity index (χ3n) is 4.59. The molecule has 22 heavy (non-hydrogen) atoms. The third-order valence-corrected chi connectivity index (χ3v) is 4.59. The van der Waals surface area contributed by atoms with Gasteiger partial charge in [0.1, 0.15) is 5.82 Å². The molecule has 1 saturated heterocycles. The Hall–Kier alpha value is -1.78. The van der Waals surface area contributed by atoms with Crippen molar-refractivity contribution in [3.8, 4) is 0 Å². The highest BCUT2D eigenvalue weighted by Crippen LogP contribution is 2.29. The molecule has 1 heterocycles. The number of amides is 2. The quantitative estimate of drug-likeness (QED) is 0.890. The molecule has 4 nitrogen and oxygen atoms in total. The fourth-order valence-electron chi connectivity index (χ4n) is 3.43. The van der Waals surface area contributed by atoms with Gasteiger partial charge in [0.2, 0.25) is 0 Å². The fourth-order valence-corrected chi connectivity index (χ4v) is 3.43. The zero-order valence-corrected chi connectivity index (χ0v) is 12.9. The Morgan fingerprint density at radius 3 is 2.55 bits per heavy atom. The Bertz CT molecular complexity index is 523. The van der Waals surface area contributed by atoms with E-state index < -0.39 is 0 Å². The maximum atomic E-state index is 13.6. The summed E-state index contributed by atoms with van der Waals surface area (Å²) in [5, 5.41) is 5.86. The van der Waals surface area contributed by atoms with Crippen LogP contribution in [0.1, 0.15) is 44.9 Å². The van der Waals surface area contributed by atoms with E-state index in [1.807, 2.05) is 0 Å². The second-order valence-corrected chi connectivity index (χ2v) is 6.29. The van der Waals surface area contributed by atoms with Gasteiger partial charge in [0.15, 0.2) is 0 Å². The number of carbonyl (C=O) groups excluding carboxylic acids is 1. The summed E-state index contributed by atoms with van der Waals surface area (Å²) in [6, 6.07) is 4.65. The third kappa shape index (κ3) is 3.70. The van der Waals surface area contributed by atoms with E-state index in [0.717, 1.165) is 44.5 Å². The van der Waals surface area contributed by atoms with Crippen molar-refractivity contribution in [1.29, 1.82) is 0 Å². The number of benzene rings is 1. The van der Waals surface area contributed by atoms with Gasteiger partial charge in [-0.25, -0.2) is 9.18 Å². The molecule has 120 valence electrons. The second kappa shape index (κ2) is 6.99. The van der Waals surface area contributed by atoms with Crippen molar-refractivity contribution in [3.63, 3.8) is 0 Å². The van der Waals surface area contributed by atoms with Crippen LogP contribution in [0.4, 0.5) is 20.6 Å². The molecule has 1 aromatic rings. The highest BCUT2D eigenvalue weighted by molar-refractivity contribution is 5.93. The molecule has 2 fully saturated rings. The maximum absolute atomic E-state index is 13.6. The zero-order valence-electron chi connectivity index (χ0n) is 12.9. The summed E-state index contributed by atoms with van der Waals surface area (Å²) in [7, 11) is 0. The lowest BCUT2D eigenvalue weighted by Gasteiger charge is -2.25. The summed E-state index contributed by atoms with van der Waals surface area (Å²) in [4.78, 5) is 14.4. The second-order valence-electron chi connectivity index (χ2n) is 6.29. The highest BCUT2D eigenvalue weighted by atomic mass is 19.1. The van der Waals surface area contributed by atoms with Crippen LogP contribution in [-0.2, 0) is 0 Å². The van der Waals surface area contributed by atoms with Crippen LogP contribution < -0.4 is 15.5 Å². The maximum Gasteiger partial charge on any atom is 0.319 e. The molecule has 5 heteroatoms. The Morgan fingerprint density at radius 2 is 1.82 bits per heavy atom. The predicted molar refractivity (Wildman–Crippen MR) is 86.9 cm³/mol. The van der Waals surface area contributed by atoms with Crippen molar-refractivity contribution in [1.82, 2.24) is 5.32 Å². The number of urea groups is 1. The van der Waals surface area contributed by atoms with E-state index in [-0.39, 0.29) is 17.9 Å². The first-order chi connectivity index (χ1) is 10.7. The van der Waals surface area contributed by atoms with E-state index >= 15 is 0 Å². The highest BCUT2D eigenvalue weighted by Gasteiger charge is 2.19. The molecule has 0 radical (unpaired) electrons. The van der Waals surface area contributed by atoms with Crippen LogP contribution in [0.25, 0.3) is 0 Å². The molecule has 2 aliphatic rings. The van der Waals surface area contributed by atoms with Crippen molar-refractivity contribution < 1.29 is 9.18 Å². The molecular weight excluding hydrogens is 281 g/mol. The molecule has 1 aliphatic carbocycles. The van der Waals surface area contributed by atoms with Crippen LogP contribution in [0.5, 0.6) is 0 Å². The minimum atomic E-state index is -0.323. The minimum Gasteiger partial charge on any atom is -0.370 e. The van der Waals surface area contributed by atoms with Crippen molar-refractivity contribution >= 4 is 17.4 Å². The SMILES string of the molecule is O=C(Nc1cc(F)ccc1N1CCCC1)NC1CCCCC1. The van der Waals surface area contributed by atoms with Gasteiger partial charge in [0, 0.05) is 19.1 Å². The first-order valence-electron chi connectivity index (χ1n) is 8.34. The van der Waals surface area contributed by atoms with Gasteiger partial charge < -0.3 is 15.5 Å². The van der Waals surface area contributed by atoms with Crippen LogP contribution in [-0.4, -0.2) is 25.2 Å². The smallest absolute Gasteiger partial charge is 0.319 e. The Morgan fingerprint density at radius 1 is 1.09 bits per heavy atom. The van der Waals surface area contributed by atoms with Gasteiger partial charge >= 0.3 is 6.03 Å². The Kier molecular flexibility index (Phi) is 4.80. The molecule has 0 unspecified atom stereocenters. The molecule has 0 aromatic heterocycles. The summed E-state index contributed by atoms with van der Waals surface area (Å²) in [6.07, 6.45) is 7.96. The number of nitrogens with one attached hydrogen (secondary N) is 2. The normalized spacial score (nSPS) is 19.2. The van der Waals surface area contributed by atoms with Gasteiger partial charge in [-0.2, -0.15) is 0 Å². The first kappa shape index (κ1) is 15.1. The topological polar surface area (TPSA) is 44.4 Å². The van der Waals surface area contributed by atoms with Crippen LogP contribution in [0, 0.1) is 5.82 Å². The van der Waals surface area contributed by atoms with Crippen molar-refractivity contribution in [2.24, 2.45) is 0 Å². The van der Waals surface area contributed by atoms with Crippen LogP contribution in [0.3, 0.4) is 0 Å². The van der Waals surface area contributed by atoms with E-state index in [0.29, 0.717) is 5.69 Å². The number of carbonyl (C=O) groups is 1. The molecule has 1 aromatic carbocycles. The van der Waals surface area contributed by atoms with E-state index in [9.17, 15) is 9.18 Å². The predicted octanol–water partition coefficient (Wildman–Crippen LogP) is 3.88. The van der Waals surface area contributed by atoms with Crippen molar-refractivity contribution in [3.05, 3.63) is 24.0 Å². The lowest BCUT2D eigenvalue weighted by atomic mass is 9.96. The molecule has 1 saturated carbocycles. The van der Waals surface area contributed by atoms with Crippen molar-refractivity contribution in [2.75, 3.05) is 23.3 Å². The summed E-state index contributed by atoms with van der Waals surface area (Å²) in [6.45, 7) is 1.93. The molecule has 0 bridgehead atoms. The molecule has 0 spiro atoms. The molecule has 2 N–H and O–H groups in total. The fraction of sp³-hybridized carbons (Fsp3) is 0.588. The first-order valence-corrected chi connectivity index (χ1v) is 8.34. The lowest BCUT2D eigenvalue weighted by Crippen LogP contribution is -2.39. The summed E-state index contributed by atoms with van der Waals surface area (Å²) >= 11 is 0.